The first-order valence-electron chi connectivity index (χ1n) is 9.11. The summed E-state index contributed by atoms with van der Waals surface area (Å²) in [5.41, 5.74) is 4.72. The molecule has 28 heavy (non-hydrogen) atoms. The van der Waals surface area contributed by atoms with Crippen molar-refractivity contribution in [1.29, 1.82) is 0 Å². The lowest BCUT2D eigenvalue weighted by Gasteiger charge is -2.23. The van der Waals surface area contributed by atoms with E-state index in [-0.39, 0.29) is 5.56 Å². The van der Waals surface area contributed by atoms with Gasteiger partial charge < -0.3 is 15.2 Å². The minimum atomic E-state index is -0.943. The molecular weight excluding hydrogens is 350 g/mol. The van der Waals surface area contributed by atoms with Crippen molar-refractivity contribution in [2.75, 3.05) is 7.05 Å². The Morgan fingerprint density at radius 2 is 1.82 bits per heavy atom. The topological polar surface area (TPSA) is 58.6 Å². The molecule has 0 amide bonds. The summed E-state index contributed by atoms with van der Waals surface area (Å²) < 4.78 is 6.19. The number of hydrogen-bond donors (Lipinski definition) is 2. The van der Waals surface area contributed by atoms with Crippen molar-refractivity contribution < 1.29 is 14.6 Å². The number of fused-ring (bicyclic) bond motifs is 2. The van der Waals surface area contributed by atoms with Crippen molar-refractivity contribution in [1.82, 2.24) is 5.32 Å². The van der Waals surface area contributed by atoms with Gasteiger partial charge in [-0.1, -0.05) is 48.5 Å². The van der Waals surface area contributed by atoms with Gasteiger partial charge in [0.25, 0.3) is 0 Å². The Labute approximate surface area is 163 Å². The highest BCUT2D eigenvalue weighted by molar-refractivity contribution is 5.98. The maximum atomic E-state index is 12.0. The predicted octanol–water partition coefficient (Wildman–Crippen LogP) is 3.18. The molecule has 0 saturated carbocycles. The van der Waals surface area contributed by atoms with Gasteiger partial charge in [-0.05, 0) is 48.5 Å². The largest absolute Gasteiger partial charge is 0.478 e. The van der Waals surface area contributed by atoms with Crippen LogP contribution in [0.5, 0.6) is 11.5 Å². The van der Waals surface area contributed by atoms with Crippen LogP contribution in [-0.2, 0) is 6.54 Å². The number of carbonyl (C=O) groups is 1. The molecule has 3 aromatic carbocycles. The first kappa shape index (κ1) is 18.0. The first-order chi connectivity index (χ1) is 13.5. The number of aromatic carboxylic acids is 1. The number of carboxylic acid groups (broad SMARTS) is 1. The Balaban J connectivity index is 2.08. The molecule has 0 fully saturated rings. The van der Waals surface area contributed by atoms with Gasteiger partial charge in [-0.15, -0.1) is 0 Å². The van der Waals surface area contributed by atoms with Crippen molar-refractivity contribution in [3.63, 3.8) is 0 Å². The molecule has 0 atom stereocenters. The molecule has 1 aliphatic rings. The van der Waals surface area contributed by atoms with Gasteiger partial charge in [-0.2, -0.15) is 0 Å². The monoisotopic (exact) mass is 371 g/mol. The molecule has 0 unspecified atom stereocenters. The third kappa shape index (κ3) is 3.08. The Morgan fingerprint density at radius 3 is 2.57 bits per heavy atom. The van der Waals surface area contributed by atoms with Crippen LogP contribution in [0.4, 0.5) is 0 Å². The number of nitrogens with one attached hydrogen (secondary N) is 1. The number of hydrogen-bond acceptors (Lipinski definition) is 3. The van der Waals surface area contributed by atoms with E-state index in [2.05, 4.69) is 11.9 Å². The number of carboxylic acids is 1. The highest BCUT2D eigenvalue weighted by Crippen LogP contribution is 2.37. The fourth-order valence-corrected chi connectivity index (χ4v) is 3.64. The summed E-state index contributed by atoms with van der Waals surface area (Å²) >= 11 is 0. The predicted molar refractivity (Wildman–Crippen MR) is 110 cm³/mol. The van der Waals surface area contributed by atoms with E-state index in [4.69, 9.17) is 4.74 Å². The molecule has 1 heterocycles. The average Bonchev–Trinajstić information content (AvgIpc) is 2.66. The van der Waals surface area contributed by atoms with E-state index in [0.29, 0.717) is 11.3 Å². The van der Waals surface area contributed by atoms with Crippen LogP contribution >= 0.6 is 0 Å². The van der Waals surface area contributed by atoms with Gasteiger partial charge in [-0.25, -0.2) is 4.79 Å². The zero-order valence-corrected chi connectivity index (χ0v) is 15.9. The van der Waals surface area contributed by atoms with E-state index in [9.17, 15) is 9.90 Å². The molecule has 4 nitrogen and oxygen atoms in total. The summed E-state index contributed by atoms with van der Waals surface area (Å²) in [6.07, 6.45) is 0. The van der Waals surface area contributed by atoms with Crippen LogP contribution in [0.25, 0.3) is 12.2 Å². The number of ether oxygens (including phenoxy) is 1. The highest BCUT2D eigenvalue weighted by atomic mass is 16.5. The second-order valence-corrected chi connectivity index (χ2v) is 7.02. The van der Waals surface area contributed by atoms with Crippen molar-refractivity contribution in [2.24, 2.45) is 0 Å². The van der Waals surface area contributed by atoms with E-state index in [1.165, 1.54) is 0 Å². The van der Waals surface area contributed by atoms with Crippen molar-refractivity contribution in [2.45, 2.75) is 13.5 Å². The molecule has 0 aliphatic carbocycles. The van der Waals surface area contributed by atoms with Gasteiger partial charge in [-0.3, -0.25) is 0 Å². The minimum absolute atomic E-state index is 0.284. The maximum absolute atomic E-state index is 12.0. The molecule has 140 valence electrons. The lowest BCUT2D eigenvalue weighted by Crippen LogP contribution is -2.21. The van der Waals surface area contributed by atoms with Gasteiger partial charge in [0.2, 0.25) is 0 Å². The summed E-state index contributed by atoms with van der Waals surface area (Å²) in [6, 6.07) is 17.3. The summed E-state index contributed by atoms with van der Waals surface area (Å²) in [5, 5.41) is 14.7. The summed E-state index contributed by atoms with van der Waals surface area (Å²) in [6.45, 7) is 6.61. The molecule has 3 aromatic rings. The molecule has 4 heteroatoms. The fourth-order valence-electron chi connectivity index (χ4n) is 3.64. The molecular formula is C24H21NO3. The van der Waals surface area contributed by atoms with Gasteiger partial charge in [0, 0.05) is 22.9 Å². The first-order valence-corrected chi connectivity index (χ1v) is 9.11. The van der Waals surface area contributed by atoms with Crippen LogP contribution in [0, 0.1) is 6.92 Å². The van der Waals surface area contributed by atoms with Crippen molar-refractivity contribution >= 4 is 18.1 Å². The molecule has 0 aromatic heterocycles. The van der Waals surface area contributed by atoms with E-state index in [0.717, 1.165) is 45.0 Å². The van der Waals surface area contributed by atoms with Gasteiger partial charge in [0.05, 0.1) is 5.56 Å². The van der Waals surface area contributed by atoms with E-state index in [1.54, 1.807) is 6.07 Å². The SMILES string of the molecule is C=c1ccc2c(c1)Oc1cc(CNC)ccc1C=2c1ccc(C)cc1C(=O)O. The quantitative estimate of drug-likeness (QED) is 0.579. The summed E-state index contributed by atoms with van der Waals surface area (Å²) in [5.74, 6) is 0.465. The number of benzene rings is 3. The Bertz CT molecular complexity index is 1210. The molecule has 2 N–H and O–H groups in total. The van der Waals surface area contributed by atoms with Crippen LogP contribution in [0.2, 0.25) is 0 Å². The molecule has 1 aliphatic heterocycles. The van der Waals surface area contributed by atoms with Gasteiger partial charge in [0.15, 0.2) is 0 Å². The molecule has 0 radical (unpaired) electrons. The third-order valence-corrected chi connectivity index (χ3v) is 4.91. The van der Waals surface area contributed by atoms with Crippen LogP contribution in [0.3, 0.4) is 0 Å². The van der Waals surface area contributed by atoms with Crippen molar-refractivity contribution in [3.8, 4) is 11.5 Å². The highest BCUT2D eigenvalue weighted by Gasteiger charge is 2.24. The second-order valence-electron chi connectivity index (χ2n) is 7.02. The minimum Gasteiger partial charge on any atom is -0.478 e. The van der Waals surface area contributed by atoms with E-state index >= 15 is 0 Å². The zero-order chi connectivity index (χ0) is 19.8. The molecule has 4 rings (SSSR count). The molecule has 0 saturated heterocycles. The molecule has 0 spiro atoms. The van der Waals surface area contributed by atoms with E-state index in [1.807, 2.05) is 62.5 Å². The van der Waals surface area contributed by atoms with Gasteiger partial charge in [0.1, 0.15) is 11.5 Å². The summed E-state index contributed by atoms with van der Waals surface area (Å²) in [7, 11) is 1.90. The standard InChI is InChI=1S/C24H21NO3/c1-14-4-7-17(20(10-14)24(26)27)23-18-8-5-15(2)11-21(18)28-22-12-16(13-25-3)6-9-19(22)23/h4-12,25H,2,13H2,1,3H3,(H,26,27). The van der Waals surface area contributed by atoms with Crippen LogP contribution < -0.4 is 20.5 Å². The number of aryl methyl sites for hydroxylation is 1. The lowest BCUT2D eigenvalue weighted by atomic mass is 9.88. The smallest absolute Gasteiger partial charge is 0.336 e. The van der Waals surface area contributed by atoms with Crippen LogP contribution in [0.1, 0.15) is 32.6 Å². The normalized spacial score (nSPS) is 12.1. The third-order valence-electron chi connectivity index (χ3n) is 4.91. The lowest BCUT2D eigenvalue weighted by molar-refractivity contribution is 0.0696. The van der Waals surface area contributed by atoms with Crippen LogP contribution in [0.15, 0.2) is 54.6 Å². The average molecular weight is 371 g/mol. The second kappa shape index (κ2) is 6.98. The summed E-state index contributed by atoms with van der Waals surface area (Å²) in [4.78, 5) is 12.0. The van der Waals surface area contributed by atoms with Crippen LogP contribution in [-0.4, -0.2) is 18.1 Å². The van der Waals surface area contributed by atoms with Crippen molar-refractivity contribution in [3.05, 3.63) is 92.9 Å². The maximum Gasteiger partial charge on any atom is 0.336 e. The Morgan fingerprint density at radius 1 is 1.04 bits per heavy atom. The fraction of sp³-hybridized carbons (Fsp3) is 0.125. The molecule has 0 bridgehead atoms. The zero-order valence-electron chi connectivity index (χ0n) is 15.9. The van der Waals surface area contributed by atoms with Gasteiger partial charge >= 0.3 is 5.97 Å². The van der Waals surface area contributed by atoms with E-state index < -0.39 is 5.97 Å². The number of rotatable bonds is 4. The Kier molecular flexibility index (Phi) is 4.49. The Hall–Kier alpha value is -3.37.